The van der Waals surface area contributed by atoms with E-state index in [0.717, 1.165) is 43.2 Å². The predicted octanol–water partition coefficient (Wildman–Crippen LogP) is 9.64. The molecule has 0 fully saturated rings. The Bertz CT molecular complexity index is 1300. The smallest absolute Gasteiger partial charge is 0.130 e. The number of halogens is 1. The predicted molar refractivity (Wildman–Crippen MR) is 157 cm³/mol. The third-order valence-electron chi connectivity index (χ3n) is 6.97. The lowest BCUT2D eigenvalue weighted by Gasteiger charge is -2.12. The molecule has 0 spiro atoms. The highest BCUT2D eigenvalue weighted by molar-refractivity contribution is 5.70. The number of rotatable bonds is 11. The molecule has 4 aromatic rings. The van der Waals surface area contributed by atoms with Crippen LogP contribution in [-0.2, 0) is 25.7 Å². The SMILES string of the molecule is C/C=C/CCc1ccc(CCc2ccc(C=Cc3ccc(C[C@@H](C)c4ccccc4)cc3F)cc2)cc1. The molecule has 0 saturated carbocycles. The molecule has 1 heteroatoms. The lowest BCUT2D eigenvalue weighted by molar-refractivity contribution is 0.620. The quantitative estimate of drug-likeness (QED) is 0.146. The molecule has 0 amide bonds. The van der Waals surface area contributed by atoms with Crippen LogP contribution in [0, 0.1) is 5.82 Å². The Morgan fingerprint density at radius 2 is 1.27 bits per heavy atom. The van der Waals surface area contributed by atoms with Crippen LogP contribution >= 0.6 is 0 Å². The first-order valence-corrected chi connectivity index (χ1v) is 13.4. The van der Waals surface area contributed by atoms with Crippen LogP contribution in [-0.4, -0.2) is 0 Å². The summed E-state index contributed by atoms with van der Waals surface area (Å²) in [7, 11) is 0. The Morgan fingerprint density at radius 3 is 1.89 bits per heavy atom. The molecule has 0 aliphatic rings. The second-order valence-electron chi connectivity index (χ2n) is 9.87. The van der Waals surface area contributed by atoms with E-state index >= 15 is 0 Å². The maximum atomic E-state index is 14.8. The number of allylic oxidation sites excluding steroid dienone is 2. The molecule has 4 aromatic carbocycles. The molecule has 0 aliphatic heterocycles. The normalized spacial score (nSPS) is 12.4. The molecule has 1 atom stereocenters. The third-order valence-corrected chi connectivity index (χ3v) is 6.97. The first-order chi connectivity index (χ1) is 18.1. The molecule has 0 unspecified atom stereocenters. The molecular formula is C36H37F. The van der Waals surface area contributed by atoms with E-state index in [1.165, 1.54) is 22.3 Å². The van der Waals surface area contributed by atoms with Gasteiger partial charge in [-0.2, -0.15) is 0 Å². The summed E-state index contributed by atoms with van der Waals surface area (Å²) in [6.45, 7) is 4.26. The van der Waals surface area contributed by atoms with Crippen LogP contribution in [0.15, 0.2) is 109 Å². The molecule has 0 aliphatic carbocycles. The molecule has 188 valence electrons. The highest BCUT2D eigenvalue weighted by Gasteiger charge is 2.08. The third kappa shape index (κ3) is 8.15. The topological polar surface area (TPSA) is 0 Å². The van der Waals surface area contributed by atoms with Gasteiger partial charge in [-0.05, 0) is 84.4 Å². The van der Waals surface area contributed by atoms with Crippen LogP contribution in [0.5, 0.6) is 0 Å². The molecule has 0 heterocycles. The second-order valence-corrected chi connectivity index (χ2v) is 9.87. The van der Waals surface area contributed by atoms with Crippen LogP contribution < -0.4 is 0 Å². The monoisotopic (exact) mass is 488 g/mol. The Morgan fingerprint density at radius 1 is 0.676 bits per heavy atom. The van der Waals surface area contributed by atoms with E-state index in [1.807, 2.05) is 30.4 Å². The molecule has 0 bridgehead atoms. The Kier molecular flexibility index (Phi) is 9.66. The summed E-state index contributed by atoms with van der Waals surface area (Å²) in [5, 5.41) is 0. The van der Waals surface area contributed by atoms with Gasteiger partial charge in [-0.1, -0.05) is 122 Å². The van der Waals surface area contributed by atoms with E-state index in [4.69, 9.17) is 0 Å². The zero-order valence-corrected chi connectivity index (χ0v) is 22.0. The summed E-state index contributed by atoms with van der Waals surface area (Å²) in [5.41, 5.74) is 8.09. The fraction of sp³-hybridized carbons (Fsp3) is 0.222. The van der Waals surface area contributed by atoms with Crippen LogP contribution in [0.3, 0.4) is 0 Å². The van der Waals surface area contributed by atoms with Crippen molar-refractivity contribution in [2.75, 3.05) is 0 Å². The van der Waals surface area contributed by atoms with Crippen molar-refractivity contribution in [3.63, 3.8) is 0 Å². The van der Waals surface area contributed by atoms with Gasteiger partial charge in [0.05, 0.1) is 0 Å². The standard InChI is InChI=1S/C36H37F/c1-3-4-6-9-29-12-14-30(15-13-29)16-17-31-18-20-32(21-19-31)22-24-35-25-23-33(27-36(35)37)26-28(2)34-10-7-5-8-11-34/h3-5,7-8,10-15,18-25,27-28H,6,9,16-17,26H2,1-2H3/b4-3+,24-22?/t28-/m1/s1. The zero-order chi connectivity index (χ0) is 25.9. The van der Waals surface area contributed by atoms with Crippen molar-refractivity contribution >= 4 is 12.2 Å². The average Bonchev–Trinajstić information content (AvgIpc) is 2.93. The van der Waals surface area contributed by atoms with Crippen molar-refractivity contribution in [3.8, 4) is 0 Å². The van der Waals surface area contributed by atoms with E-state index in [-0.39, 0.29) is 5.82 Å². The number of hydrogen-bond donors (Lipinski definition) is 0. The van der Waals surface area contributed by atoms with E-state index in [9.17, 15) is 4.39 Å². The lowest BCUT2D eigenvalue weighted by Crippen LogP contribution is -1.99. The molecular weight excluding hydrogens is 451 g/mol. The van der Waals surface area contributed by atoms with Crippen LogP contribution in [0.25, 0.3) is 12.2 Å². The van der Waals surface area contributed by atoms with Gasteiger partial charge in [-0.3, -0.25) is 0 Å². The fourth-order valence-electron chi connectivity index (χ4n) is 4.65. The Balaban J connectivity index is 1.29. The minimum atomic E-state index is -0.168. The number of hydrogen-bond acceptors (Lipinski definition) is 0. The van der Waals surface area contributed by atoms with Crippen molar-refractivity contribution in [1.29, 1.82) is 0 Å². The van der Waals surface area contributed by atoms with Crippen molar-refractivity contribution in [2.45, 2.75) is 51.9 Å². The van der Waals surface area contributed by atoms with Gasteiger partial charge in [-0.15, -0.1) is 0 Å². The molecule has 0 radical (unpaired) electrons. The summed E-state index contributed by atoms with van der Waals surface area (Å²) in [6.07, 6.45) is 13.3. The lowest BCUT2D eigenvalue weighted by atomic mass is 9.93. The highest BCUT2D eigenvalue weighted by Crippen LogP contribution is 2.22. The van der Waals surface area contributed by atoms with Crippen molar-refractivity contribution in [2.24, 2.45) is 0 Å². The van der Waals surface area contributed by atoms with Gasteiger partial charge < -0.3 is 0 Å². The number of aryl methyl sites for hydroxylation is 3. The van der Waals surface area contributed by atoms with E-state index in [0.29, 0.717) is 11.5 Å². The largest absolute Gasteiger partial charge is 0.206 e. The van der Waals surface area contributed by atoms with Crippen LogP contribution in [0.4, 0.5) is 4.39 Å². The van der Waals surface area contributed by atoms with Gasteiger partial charge in [-0.25, -0.2) is 4.39 Å². The van der Waals surface area contributed by atoms with Gasteiger partial charge in [0.15, 0.2) is 0 Å². The van der Waals surface area contributed by atoms with Gasteiger partial charge in [0.25, 0.3) is 0 Å². The molecule has 37 heavy (non-hydrogen) atoms. The minimum Gasteiger partial charge on any atom is -0.206 e. The summed E-state index contributed by atoms with van der Waals surface area (Å²) in [4.78, 5) is 0. The summed E-state index contributed by atoms with van der Waals surface area (Å²) in [6, 6.07) is 33.6. The first-order valence-electron chi connectivity index (χ1n) is 13.4. The van der Waals surface area contributed by atoms with Crippen molar-refractivity contribution < 1.29 is 4.39 Å². The second kappa shape index (κ2) is 13.6. The highest BCUT2D eigenvalue weighted by atomic mass is 19.1. The molecule has 0 saturated heterocycles. The fourth-order valence-corrected chi connectivity index (χ4v) is 4.65. The maximum Gasteiger partial charge on any atom is 0.130 e. The van der Waals surface area contributed by atoms with E-state index in [1.54, 1.807) is 6.07 Å². The summed E-state index contributed by atoms with van der Waals surface area (Å²) >= 11 is 0. The zero-order valence-electron chi connectivity index (χ0n) is 22.0. The maximum absolute atomic E-state index is 14.8. The Hall–Kier alpha value is -3.71. The van der Waals surface area contributed by atoms with Crippen LogP contribution in [0.2, 0.25) is 0 Å². The molecule has 0 nitrogen and oxygen atoms in total. The van der Waals surface area contributed by atoms with Gasteiger partial charge >= 0.3 is 0 Å². The number of benzene rings is 4. The first kappa shape index (κ1) is 26.4. The summed E-state index contributed by atoms with van der Waals surface area (Å²) in [5.74, 6) is 0.187. The Labute approximate surface area is 222 Å². The minimum absolute atomic E-state index is 0.168. The van der Waals surface area contributed by atoms with E-state index < -0.39 is 0 Å². The van der Waals surface area contributed by atoms with Crippen molar-refractivity contribution in [3.05, 3.63) is 154 Å². The molecule has 0 N–H and O–H groups in total. The summed E-state index contributed by atoms with van der Waals surface area (Å²) < 4.78 is 14.8. The molecule has 4 rings (SSSR count). The molecule has 0 aromatic heterocycles. The average molecular weight is 489 g/mol. The van der Waals surface area contributed by atoms with Crippen molar-refractivity contribution in [1.82, 2.24) is 0 Å². The van der Waals surface area contributed by atoms with Gasteiger partial charge in [0.1, 0.15) is 5.82 Å². The van der Waals surface area contributed by atoms with Gasteiger partial charge in [0, 0.05) is 5.56 Å². The van der Waals surface area contributed by atoms with E-state index in [2.05, 4.69) is 98.8 Å². The van der Waals surface area contributed by atoms with Crippen LogP contribution in [0.1, 0.15) is 65.1 Å². The van der Waals surface area contributed by atoms with Gasteiger partial charge in [0.2, 0.25) is 0 Å².